The molecule has 106 valence electrons. The lowest BCUT2D eigenvalue weighted by molar-refractivity contribution is 0.302. The SMILES string of the molecule is OC1=NOc2c(ccc(CC3CCCCC3)c2O)C=C1. The number of phenolic OH excluding ortho intramolecular Hbond substituents is 1. The number of benzene rings is 1. The second kappa shape index (κ2) is 5.57. The van der Waals surface area contributed by atoms with Crippen LogP contribution in [0.15, 0.2) is 23.4 Å². The van der Waals surface area contributed by atoms with Gasteiger partial charge in [-0.05, 0) is 29.1 Å². The van der Waals surface area contributed by atoms with Crippen molar-refractivity contribution in [1.82, 2.24) is 0 Å². The van der Waals surface area contributed by atoms with Crippen molar-refractivity contribution < 1.29 is 15.1 Å². The van der Waals surface area contributed by atoms with Gasteiger partial charge in [-0.2, -0.15) is 0 Å². The van der Waals surface area contributed by atoms with Gasteiger partial charge in [0.2, 0.25) is 11.6 Å². The molecule has 2 N–H and O–H groups in total. The lowest BCUT2D eigenvalue weighted by Gasteiger charge is -2.22. The molecule has 4 nitrogen and oxygen atoms in total. The molecular formula is C16H19NO3. The van der Waals surface area contributed by atoms with Crippen LogP contribution in [0.1, 0.15) is 43.2 Å². The van der Waals surface area contributed by atoms with Gasteiger partial charge in [-0.1, -0.05) is 44.2 Å². The van der Waals surface area contributed by atoms with E-state index >= 15 is 0 Å². The van der Waals surface area contributed by atoms with Gasteiger partial charge in [-0.15, -0.1) is 0 Å². The zero-order valence-electron chi connectivity index (χ0n) is 11.4. The molecule has 0 saturated heterocycles. The Kier molecular flexibility index (Phi) is 3.63. The van der Waals surface area contributed by atoms with Crippen molar-refractivity contribution in [2.24, 2.45) is 11.1 Å². The van der Waals surface area contributed by atoms with Crippen LogP contribution in [0.3, 0.4) is 0 Å². The number of aliphatic hydroxyl groups is 1. The summed E-state index contributed by atoms with van der Waals surface area (Å²) in [6.45, 7) is 0. The molecule has 1 aliphatic carbocycles. The lowest BCUT2D eigenvalue weighted by Crippen LogP contribution is -2.09. The quantitative estimate of drug-likeness (QED) is 0.861. The van der Waals surface area contributed by atoms with E-state index in [1.165, 1.54) is 38.2 Å². The highest BCUT2D eigenvalue weighted by atomic mass is 16.6. The predicted octanol–water partition coefficient (Wildman–Crippen LogP) is 3.79. The van der Waals surface area contributed by atoms with Gasteiger partial charge >= 0.3 is 0 Å². The Balaban J connectivity index is 1.85. The van der Waals surface area contributed by atoms with Crippen molar-refractivity contribution in [3.8, 4) is 11.5 Å². The molecule has 0 radical (unpaired) electrons. The molecule has 3 rings (SSSR count). The predicted molar refractivity (Wildman–Crippen MR) is 78.1 cm³/mol. The number of oxime groups is 1. The summed E-state index contributed by atoms with van der Waals surface area (Å²) in [6.07, 6.45) is 10.4. The van der Waals surface area contributed by atoms with E-state index in [0.29, 0.717) is 11.7 Å². The van der Waals surface area contributed by atoms with Crippen LogP contribution in [0.25, 0.3) is 6.08 Å². The van der Waals surface area contributed by atoms with Crippen molar-refractivity contribution in [3.05, 3.63) is 29.3 Å². The Morgan fingerprint density at radius 3 is 2.70 bits per heavy atom. The fourth-order valence-electron chi connectivity index (χ4n) is 3.01. The second-order valence-electron chi connectivity index (χ2n) is 5.57. The highest BCUT2D eigenvalue weighted by Gasteiger charge is 2.20. The maximum atomic E-state index is 10.4. The first-order valence-corrected chi connectivity index (χ1v) is 7.21. The zero-order valence-corrected chi connectivity index (χ0v) is 11.4. The summed E-state index contributed by atoms with van der Waals surface area (Å²) in [5.41, 5.74) is 1.63. The molecule has 0 atom stereocenters. The minimum absolute atomic E-state index is 0.149. The number of aromatic hydroxyl groups is 1. The maximum absolute atomic E-state index is 10.4. The molecule has 0 bridgehead atoms. The van der Waals surface area contributed by atoms with Crippen molar-refractivity contribution in [1.29, 1.82) is 0 Å². The summed E-state index contributed by atoms with van der Waals surface area (Å²) in [4.78, 5) is 5.15. The molecule has 1 aliphatic heterocycles. The molecular weight excluding hydrogens is 254 g/mol. The second-order valence-corrected chi connectivity index (χ2v) is 5.57. The minimum Gasteiger partial charge on any atom is -0.504 e. The standard InChI is InChI=1S/C16H19NO3/c18-14-9-8-12-6-7-13(15(19)16(12)20-17-14)10-11-4-2-1-3-5-11/h6-9,11,19H,1-5,10H2,(H,17,18). The highest BCUT2D eigenvalue weighted by Crippen LogP contribution is 2.38. The Bertz CT molecular complexity index is 557. The summed E-state index contributed by atoms with van der Waals surface area (Å²) < 4.78 is 0. The zero-order chi connectivity index (χ0) is 13.9. The molecule has 1 aromatic carbocycles. The first kappa shape index (κ1) is 13.0. The van der Waals surface area contributed by atoms with Gasteiger partial charge in [-0.25, -0.2) is 0 Å². The number of hydrogen-bond donors (Lipinski definition) is 2. The van der Waals surface area contributed by atoms with Crippen molar-refractivity contribution >= 4 is 12.0 Å². The van der Waals surface area contributed by atoms with Gasteiger partial charge < -0.3 is 15.1 Å². The molecule has 1 fully saturated rings. The number of aliphatic hydroxyl groups excluding tert-OH is 1. The van der Waals surface area contributed by atoms with E-state index in [0.717, 1.165) is 17.5 Å². The average Bonchev–Trinajstić information content (AvgIpc) is 2.66. The highest BCUT2D eigenvalue weighted by molar-refractivity contribution is 5.91. The van der Waals surface area contributed by atoms with E-state index in [9.17, 15) is 10.2 Å². The van der Waals surface area contributed by atoms with Crippen molar-refractivity contribution in [2.75, 3.05) is 0 Å². The first-order valence-electron chi connectivity index (χ1n) is 7.21. The van der Waals surface area contributed by atoms with E-state index in [4.69, 9.17) is 4.84 Å². The molecule has 0 amide bonds. The number of rotatable bonds is 2. The van der Waals surface area contributed by atoms with Gasteiger partial charge in [0.25, 0.3) is 0 Å². The number of nitrogens with zero attached hydrogens (tertiary/aromatic N) is 1. The molecule has 0 aromatic heterocycles. The van der Waals surface area contributed by atoms with E-state index in [1.54, 1.807) is 6.08 Å². The van der Waals surface area contributed by atoms with Crippen LogP contribution in [-0.4, -0.2) is 16.1 Å². The molecule has 0 spiro atoms. The number of hydrogen-bond acceptors (Lipinski definition) is 3. The van der Waals surface area contributed by atoms with Crippen LogP contribution in [0, 0.1) is 5.92 Å². The number of phenols is 1. The maximum Gasteiger partial charge on any atom is 0.248 e. The van der Waals surface area contributed by atoms with Gasteiger partial charge in [0.1, 0.15) is 0 Å². The summed E-state index contributed by atoms with van der Waals surface area (Å²) in [6, 6.07) is 3.84. The largest absolute Gasteiger partial charge is 0.504 e. The summed E-state index contributed by atoms with van der Waals surface area (Å²) in [5.74, 6) is 0.926. The van der Waals surface area contributed by atoms with Gasteiger partial charge in [0.05, 0.1) is 0 Å². The summed E-state index contributed by atoms with van der Waals surface area (Å²) in [7, 11) is 0. The van der Waals surface area contributed by atoms with Crippen LogP contribution in [0.2, 0.25) is 0 Å². The summed E-state index contributed by atoms with van der Waals surface area (Å²) in [5, 5.41) is 23.2. The fraction of sp³-hybridized carbons (Fsp3) is 0.438. The third kappa shape index (κ3) is 2.64. The number of fused-ring (bicyclic) bond motifs is 1. The molecule has 20 heavy (non-hydrogen) atoms. The minimum atomic E-state index is -0.200. The van der Waals surface area contributed by atoms with Crippen molar-refractivity contribution in [3.63, 3.8) is 0 Å². The third-order valence-corrected chi connectivity index (χ3v) is 4.12. The van der Waals surface area contributed by atoms with Crippen LogP contribution in [-0.2, 0) is 6.42 Å². The third-order valence-electron chi connectivity index (χ3n) is 4.12. The molecule has 2 aliphatic rings. The lowest BCUT2D eigenvalue weighted by atomic mass is 9.84. The normalized spacial score (nSPS) is 18.9. The van der Waals surface area contributed by atoms with E-state index in [2.05, 4.69) is 5.16 Å². The molecule has 1 aromatic rings. The monoisotopic (exact) mass is 273 g/mol. The smallest absolute Gasteiger partial charge is 0.248 e. The Morgan fingerprint density at radius 2 is 1.90 bits per heavy atom. The topological polar surface area (TPSA) is 62.1 Å². The van der Waals surface area contributed by atoms with Crippen molar-refractivity contribution in [2.45, 2.75) is 38.5 Å². The average molecular weight is 273 g/mol. The van der Waals surface area contributed by atoms with E-state index in [1.807, 2.05) is 12.1 Å². The van der Waals surface area contributed by atoms with E-state index in [-0.39, 0.29) is 11.6 Å². The molecule has 1 saturated carbocycles. The molecule has 0 unspecified atom stereocenters. The Labute approximate surface area is 118 Å². The van der Waals surface area contributed by atoms with Crippen LogP contribution in [0.4, 0.5) is 0 Å². The van der Waals surface area contributed by atoms with Gasteiger partial charge in [0, 0.05) is 11.6 Å². The summed E-state index contributed by atoms with van der Waals surface area (Å²) >= 11 is 0. The fourth-order valence-corrected chi connectivity index (χ4v) is 3.01. The molecule has 1 heterocycles. The van der Waals surface area contributed by atoms with Gasteiger partial charge in [-0.3, -0.25) is 0 Å². The van der Waals surface area contributed by atoms with Crippen LogP contribution >= 0.6 is 0 Å². The van der Waals surface area contributed by atoms with Gasteiger partial charge in [0.15, 0.2) is 5.75 Å². The van der Waals surface area contributed by atoms with Crippen LogP contribution < -0.4 is 4.84 Å². The first-order chi connectivity index (χ1) is 9.74. The van der Waals surface area contributed by atoms with E-state index < -0.39 is 0 Å². The Morgan fingerprint density at radius 1 is 1.10 bits per heavy atom. The Hall–Kier alpha value is -1.97. The molecule has 4 heteroatoms. The van der Waals surface area contributed by atoms with Crippen LogP contribution in [0.5, 0.6) is 11.5 Å².